The van der Waals surface area contributed by atoms with E-state index in [0.29, 0.717) is 19.5 Å². The Morgan fingerprint density at radius 1 is 1.12 bits per heavy atom. The number of allylic oxidation sites excluding steroid dienone is 3. The highest BCUT2D eigenvalue weighted by molar-refractivity contribution is 5.83. The highest BCUT2D eigenvalue weighted by atomic mass is 16.6. The fraction of sp³-hybridized carbons (Fsp3) is 0.806. The number of methoxy groups -OCH3 is 1. The van der Waals surface area contributed by atoms with E-state index in [-0.39, 0.29) is 79.2 Å². The molecule has 3 rings (SSSR count). The molecule has 10 atom stereocenters. The normalized spacial score (nSPS) is 29.9. The van der Waals surface area contributed by atoms with E-state index in [4.69, 9.17) is 18.9 Å². The second kappa shape index (κ2) is 18.5. The zero-order valence-electron chi connectivity index (χ0n) is 30.4. The number of piperazine rings is 1. The molecule has 3 aliphatic rings. The molecule has 0 radical (unpaired) electrons. The molecule has 0 aromatic carbocycles. The van der Waals surface area contributed by atoms with Gasteiger partial charge in [-0.05, 0) is 77.3 Å². The van der Waals surface area contributed by atoms with Gasteiger partial charge in [0.25, 0.3) is 0 Å². The molecule has 0 spiro atoms. The van der Waals surface area contributed by atoms with Crippen LogP contribution in [0.1, 0.15) is 80.1 Å². The van der Waals surface area contributed by atoms with Crippen LogP contribution in [0.3, 0.4) is 0 Å². The molecule has 274 valence electrons. The lowest BCUT2D eigenvalue weighted by atomic mass is 9.85. The summed E-state index contributed by atoms with van der Waals surface area (Å²) in [7, 11) is 3.63. The number of likely N-dealkylation sites (N-methyl/N-ethyl adjacent to an activating group) is 1. The summed E-state index contributed by atoms with van der Waals surface area (Å²) in [6.07, 6.45) is 7.73. The highest BCUT2D eigenvalue weighted by Crippen LogP contribution is 2.47. The predicted octanol–water partition coefficient (Wildman–Crippen LogP) is 4.01. The van der Waals surface area contributed by atoms with Crippen molar-refractivity contribution < 1.29 is 43.5 Å². The van der Waals surface area contributed by atoms with Crippen molar-refractivity contribution in [2.75, 3.05) is 46.9 Å². The third-order valence-electron chi connectivity index (χ3n) is 10.1. The Morgan fingerprint density at radius 3 is 2.44 bits per heavy atom. The summed E-state index contributed by atoms with van der Waals surface area (Å²) >= 11 is 0. The predicted molar refractivity (Wildman–Crippen MR) is 182 cm³/mol. The molecule has 3 heterocycles. The van der Waals surface area contributed by atoms with Crippen LogP contribution in [0, 0.1) is 17.8 Å². The van der Waals surface area contributed by atoms with Crippen LogP contribution in [0.25, 0.3) is 0 Å². The van der Waals surface area contributed by atoms with E-state index in [9.17, 15) is 24.6 Å². The molecule has 0 aromatic heterocycles. The number of hydrogen-bond donors (Lipinski definition) is 3. The van der Waals surface area contributed by atoms with Crippen molar-refractivity contribution in [2.24, 2.45) is 17.8 Å². The number of aliphatic carboxylic acids is 1. The van der Waals surface area contributed by atoms with E-state index in [0.717, 1.165) is 37.9 Å². The summed E-state index contributed by atoms with van der Waals surface area (Å²) in [6, 6.07) is -1.06. The third kappa shape index (κ3) is 11.8. The number of carbonyl (C=O) groups excluding carboxylic acids is 2. The van der Waals surface area contributed by atoms with Crippen LogP contribution in [0.5, 0.6) is 0 Å². The van der Waals surface area contributed by atoms with E-state index in [2.05, 4.69) is 56.1 Å². The second-order valence-corrected chi connectivity index (χ2v) is 14.6. The van der Waals surface area contributed by atoms with Gasteiger partial charge in [0, 0.05) is 39.2 Å². The van der Waals surface area contributed by atoms with Gasteiger partial charge >= 0.3 is 12.1 Å². The number of nitrogens with zero attached hydrogens (tertiary/aromatic N) is 2. The summed E-state index contributed by atoms with van der Waals surface area (Å²) in [5.41, 5.74) is 0.824. The van der Waals surface area contributed by atoms with Crippen LogP contribution in [-0.2, 0) is 28.5 Å². The standard InChI is InChI=1S/C36H61N3O9/c1-23(22-36(6)33(48-36)26(4)32(45-8)27(5)40)11-9-12-24(2)31-25(3)14-15-28(47-31)21-30(41)37-29(34(42)43)13-10-20-46-35(44)39-18-16-38(7)17-19-39/h9,11-12,23,25-29,31-33,40H,10,13-22H2,1-8H3,(H,37,41)(H,42,43)/b11-9+,24-12+/t23-,25+,26-,27-,28-,29+,31-,32-,33-,36?/m1/s1. The fourth-order valence-electron chi connectivity index (χ4n) is 7.27. The van der Waals surface area contributed by atoms with Gasteiger partial charge in [0.15, 0.2) is 0 Å². The SMILES string of the molecule is CO[C@H]([C@@H](C)[C@H]1OC1(C)C[C@H](C)/C=C/C=C(\C)[C@H]1O[C@@H](CC(=O)N[C@@H](CCCOC(=O)N2CCN(C)CC2)C(=O)O)CC[C@@H]1C)[C@@H](C)O. The number of rotatable bonds is 17. The van der Waals surface area contributed by atoms with Crippen LogP contribution in [0.4, 0.5) is 4.79 Å². The Labute approximate surface area is 287 Å². The largest absolute Gasteiger partial charge is 0.480 e. The third-order valence-corrected chi connectivity index (χ3v) is 10.1. The maximum Gasteiger partial charge on any atom is 0.409 e. The zero-order valence-corrected chi connectivity index (χ0v) is 30.4. The van der Waals surface area contributed by atoms with Gasteiger partial charge < -0.3 is 44.3 Å². The zero-order chi connectivity index (χ0) is 35.6. The number of carbonyl (C=O) groups is 3. The molecule has 0 aliphatic carbocycles. The maximum atomic E-state index is 12.9. The van der Waals surface area contributed by atoms with E-state index in [1.54, 1.807) is 18.9 Å². The Balaban J connectivity index is 1.42. The Kier molecular flexibility index (Phi) is 15.4. The van der Waals surface area contributed by atoms with Gasteiger partial charge in [0.2, 0.25) is 5.91 Å². The number of hydrogen-bond acceptors (Lipinski definition) is 9. The molecule has 0 aromatic rings. The first-order chi connectivity index (χ1) is 22.6. The first kappa shape index (κ1) is 39.9. The van der Waals surface area contributed by atoms with Crippen LogP contribution in [-0.4, -0.2) is 127 Å². The van der Waals surface area contributed by atoms with Crippen molar-refractivity contribution in [1.82, 2.24) is 15.1 Å². The molecule has 12 heteroatoms. The van der Waals surface area contributed by atoms with Gasteiger partial charge in [0.1, 0.15) is 6.04 Å². The summed E-state index contributed by atoms with van der Waals surface area (Å²) in [5.74, 6) is -0.835. The number of ether oxygens (including phenoxy) is 4. The molecule has 3 N–H and O–H groups in total. The number of aliphatic hydroxyl groups excluding tert-OH is 1. The van der Waals surface area contributed by atoms with Gasteiger partial charge in [-0.25, -0.2) is 9.59 Å². The lowest BCUT2D eigenvalue weighted by Gasteiger charge is -2.35. The van der Waals surface area contributed by atoms with Gasteiger partial charge in [-0.2, -0.15) is 0 Å². The molecule has 3 fully saturated rings. The highest BCUT2D eigenvalue weighted by Gasteiger charge is 2.56. The molecule has 0 saturated carbocycles. The molecule has 2 amide bonds. The average molecular weight is 680 g/mol. The molecule has 3 saturated heterocycles. The number of carboxylic acids is 1. The molecular formula is C36H61N3O9. The number of nitrogens with one attached hydrogen (secondary N) is 1. The van der Waals surface area contributed by atoms with Gasteiger partial charge in [-0.1, -0.05) is 39.0 Å². The number of aliphatic hydroxyl groups is 1. The fourth-order valence-corrected chi connectivity index (χ4v) is 7.27. The molecule has 48 heavy (non-hydrogen) atoms. The van der Waals surface area contributed by atoms with E-state index >= 15 is 0 Å². The summed E-state index contributed by atoms with van der Waals surface area (Å²) < 4.78 is 23.3. The molecule has 12 nitrogen and oxygen atoms in total. The van der Waals surface area contributed by atoms with Crippen molar-refractivity contribution in [3.8, 4) is 0 Å². The molecule has 3 aliphatic heterocycles. The van der Waals surface area contributed by atoms with Crippen molar-refractivity contribution in [1.29, 1.82) is 0 Å². The Hall–Kier alpha value is -2.51. The molecule has 1 unspecified atom stereocenters. The van der Waals surface area contributed by atoms with E-state index in [1.165, 1.54) is 0 Å². The molecular weight excluding hydrogens is 618 g/mol. The minimum absolute atomic E-state index is 0.0403. The number of amides is 2. The van der Waals surface area contributed by atoms with Crippen molar-refractivity contribution in [3.63, 3.8) is 0 Å². The van der Waals surface area contributed by atoms with Crippen LogP contribution in [0.15, 0.2) is 23.8 Å². The Bertz CT molecular complexity index is 1120. The van der Waals surface area contributed by atoms with Crippen molar-refractivity contribution >= 4 is 18.0 Å². The van der Waals surface area contributed by atoms with E-state index in [1.807, 2.05) is 14.0 Å². The maximum absolute atomic E-state index is 12.9. The minimum atomic E-state index is -1.11. The lowest BCUT2D eigenvalue weighted by Crippen LogP contribution is -2.47. The summed E-state index contributed by atoms with van der Waals surface area (Å²) in [6.45, 7) is 15.2. The number of carboxylic acid groups (broad SMARTS) is 1. The number of epoxide rings is 1. The Morgan fingerprint density at radius 2 is 1.81 bits per heavy atom. The van der Waals surface area contributed by atoms with Crippen molar-refractivity contribution in [2.45, 2.75) is 122 Å². The average Bonchev–Trinajstić information content (AvgIpc) is 3.69. The first-order valence-corrected chi connectivity index (χ1v) is 17.7. The first-order valence-electron chi connectivity index (χ1n) is 17.7. The van der Waals surface area contributed by atoms with Gasteiger partial charge in [0.05, 0.1) is 49.1 Å². The second-order valence-electron chi connectivity index (χ2n) is 14.6. The van der Waals surface area contributed by atoms with Crippen molar-refractivity contribution in [3.05, 3.63) is 23.8 Å². The van der Waals surface area contributed by atoms with E-state index < -0.39 is 18.1 Å². The monoisotopic (exact) mass is 679 g/mol. The van der Waals surface area contributed by atoms with Gasteiger partial charge in [-0.3, -0.25) is 4.79 Å². The topological polar surface area (TPSA) is 150 Å². The molecule has 0 bridgehead atoms. The summed E-state index contributed by atoms with van der Waals surface area (Å²) in [5, 5.41) is 22.4. The smallest absolute Gasteiger partial charge is 0.409 e. The minimum Gasteiger partial charge on any atom is -0.480 e. The summed E-state index contributed by atoms with van der Waals surface area (Å²) in [4.78, 5) is 40.8. The van der Waals surface area contributed by atoms with Crippen LogP contribution in [0.2, 0.25) is 0 Å². The van der Waals surface area contributed by atoms with Crippen LogP contribution >= 0.6 is 0 Å². The quantitative estimate of drug-likeness (QED) is 0.117. The van der Waals surface area contributed by atoms with Crippen LogP contribution < -0.4 is 5.32 Å². The van der Waals surface area contributed by atoms with Gasteiger partial charge in [-0.15, -0.1) is 0 Å². The lowest BCUT2D eigenvalue weighted by molar-refractivity contribution is -0.143.